The number of furan rings is 1. The van der Waals surface area contributed by atoms with Gasteiger partial charge in [0.2, 0.25) is 0 Å². The average Bonchev–Trinajstić information content (AvgIpc) is 2.92. The van der Waals surface area contributed by atoms with E-state index in [0.29, 0.717) is 16.3 Å². The van der Waals surface area contributed by atoms with Crippen LogP contribution in [0.1, 0.15) is 27.7 Å². The van der Waals surface area contributed by atoms with Gasteiger partial charge in [0.1, 0.15) is 11.8 Å². The number of carbonyl (C=O) groups excluding carboxylic acids is 1. The largest absolute Gasteiger partial charge is 0.467 e. The lowest BCUT2D eigenvalue weighted by Gasteiger charge is -2.14. The number of aliphatic hydroxyl groups is 1. The zero-order valence-corrected chi connectivity index (χ0v) is 11.1. The van der Waals surface area contributed by atoms with Crippen molar-refractivity contribution in [3.8, 4) is 0 Å². The molecule has 1 aromatic heterocycles. The summed E-state index contributed by atoms with van der Waals surface area (Å²) in [4.78, 5) is 12.1. The number of hydrogen-bond donors (Lipinski definition) is 2. The zero-order valence-electron chi connectivity index (χ0n) is 10.4. The Morgan fingerprint density at radius 3 is 2.84 bits per heavy atom. The summed E-state index contributed by atoms with van der Waals surface area (Å²) in [5.41, 5.74) is 1.32. The fourth-order valence-corrected chi connectivity index (χ4v) is 1.84. The van der Waals surface area contributed by atoms with Crippen molar-refractivity contribution in [3.05, 3.63) is 58.5 Å². The first kappa shape index (κ1) is 13.6. The molecule has 0 radical (unpaired) electrons. The van der Waals surface area contributed by atoms with Gasteiger partial charge in [-0.05, 0) is 42.8 Å². The van der Waals surface area contributed by atoms with Gasteiger partial charge < -0.3 is 14.8 Å². The monoisotopic (exact) mass is 279 g/mol. The molecule has 1 aromatic carbocycles. The van der Waals surface area contributed by atoms with E-state index in [2.05, 4.69) is 5.32 Å². The summed E-state index contributed by atoms with van der Waals surface area (Å²) in [6.45, 7) is 1.60. The smallest absolute Gasteiger partial charge is 0.251 e. The summed E-state index contributed by atoms with van der Waals surface area (Å²) >= 11 is 5.91. The van der Waals surface area contributed by atoms with Crippen molar-refractivity contribution in [2.75, 3.05) is 6.61 Å². The third-order valence-electron chi connectivity index (χ3n) is 2.79. The van der Waals surface area contributed by atoms with E-state index in [1.807, 2.05) is 6.92 Å². The van der Waals surface area contributed by atoms with Crippen molar-refractivity contribution in [2.45, 2.75) is 13.0 Å². The van der Waals surface area contributed by atoms with Gasteiger partial charge in [-0.3, -0.25) is 4.79 Å². The van der Waals surface area contributed by atoms with Crippen molar-refractivity contribution in [2.24, 2.45) is 0 Å². The van der Waals surface area contributed by atoms with Gasteiger partial charge in [0.25, 0.3) is 5.91 Å². The minimum Gasteiger partial charge on any atom is -0.467 e. The zero-order chi connectivity index (χ0) is 13.8. The molecule has 0 aliphatic rings. The second-order valence-corrected chi connectivity index (χ2v) is 4.60. The minimum atomic E-state index is -0.557. The predicted octanol–water partition coefficient (Wildman–Crippen LogP) is 2.70. The van der Waals surface area contributed by atoms with Gasteiger partial charge in [-0.25, -0.2) is 0 Å². The second kappa shape index (κ2) is 5.91. The molecule has 0 saturated heterocycles. The highest BCUT2D eigenvalue weighted by atomic mass is 35.5. The normalized spacial score (nSPS) is 12.2. The molecular weight excluding hydrogens is 266 g/mol. The van der Waals surface area contributed by atoms with Crippen molar-refractivity contribution in [1.82, 2.24) is 5.32 Å². The van der Waals surface area contributed by atoms with Crippen LogP contribution in [0.5, 0.6) is 0 Å². The van der Waals surface area contributed by atoms with E-state index in [0.717, 1.165) is 5.56 Å². The molecule has 2 aromatic rings. The maximum absolute atomic E-state index is 12.1. The number of amides is 1. The number of nitrogens with one attached hydrogen (secondary N) is 1. The van der Waals surface area contributed by atoms with Gasteiger partial charge in [-0.2, -0.15) is 0 Å². The minimum absolute atomic E-state index is 0.230. The Morgan fingerprint density at radius 1 is 1.47 bits per heavy atom. The number of carbonyl (C=O) groups is 1. The molecular formula is C14H14ClNO3. The van der Waals surface area contributed by atoms with E-state index < -0.39 is 6.04 Å². The summed E-state index contributed by atoms with van der Waals surface area (Å²) < 4.78 is 5.17. The SMILES string of the molecule is Cc1cc(C(=O)NC(CO)c2ccco2)ccc1Cl. The van der Waals surface area contributed by atoms with Crippen LogP contribution in [0.25, 0.3) is 0 Å². The quantitative estimate of drug-likeness (QED) is 0.904. The number of aryl methyl sites for hydroxylation is 1. The van der Waals surface area contributed by atoms with E-state index >= 15 is 0 Å². The van der Waals surface area contributed by atoms with Crippen molar-refractivity contribution < 1.29 is 14.3 Å². The Morgan fingerprint density at radius 2 is 2.26 bits per heavy atom. The molecule has 1 heterocycles. The van der Waals surface area contributed by atoms with E-state index in [4.69, 9.17) is 16.0 Å². The van der Waals surface area contributed by atoms with Gasteiger partial charge in [0.15, 0.2) is 0 Å². The van der Waals surface area contributed by atoms with Crippen LogP contribution in [-0.4, -0.2) is 17.6 Å². The Balaban J connectivity index is 2.13. The van der Waals surface area contributed by atoms with Crippen molar-refractivity contribution in [3.63, 3.8) is 0 Å². The summed E-state index contributed by atoms with van der Waals surface area (Å²) in [5, 5.41) is 12.6. The number of rotatable bonds is 4. The lowest BCUT2D eigenvalue weighted by Crippen LogP contribution is -2.30. The lowest BCUT2D eigenvalue weighted by molar-refractivity contribution is 0.0907. The molecule has 1 atom stereocenters. The fourth-order valence-electron chi connectivity index (χ4n) is 1.72. The van der Waals surface area contributed by atoms with E-state index in [-0.39, 0.29) is 12.5 Å². The van der Waals surface area contributed by atoms with Crippen LogP contribution in [0, 0.1) is 6.92 Å². The average molecular weight is 280 g/mol. The number of halogens is 1. The molecule has 1 amide bonds. The fraction of sp³-hybridized carbons (Fsp3) is 0.214. The van der Waals surface area contributed by atoms with Crippen molar-refractivity contribution in [1.29, 1.82) is 0 Å². The van der Waals surface area contributed by atoms with Crippen LogP contribution >= 0.6 is 11.6 Å². The first-order valence-electron chi connectivity index (χ1n) is 5.83. The molecule has 1 unspecified atom stereocenters. The lowest BCUT2D eigenvalue weighted by atomic mass is 10.1. The first-order chi connectivity index (χ1) is 9.11. The van der Waals surface area contributed by atoms with Crippen LogP contribution in [0.15, 0.2) is 41.0 Å². The van der Waals surface area contributed by atoms with Gasteiger partial charge in [-0.1, -0.05) is 11.6 Å². The summed E-state index contributed by atoms with van der Waals surface area (Å²) in [5.74, 6) is 0.233. The van der Waals surface area contributed by atoms with Gasteiger partial charge in [0.05, 0.1) is 12.9 Å². The van der Waals surface area contributed by atoms with Crippen LogP contribution in [-0.2, 0) is 0 Å². The molecule has 100 valence electrons. The van der Waals surface area contributed by atoms with E-state index in [1.165, 1.54) is 6.26 Å². The molecule has 2 N–H and O–H groups in total. The maximum Gasteiger partial charge on any atom is 0.251 e. The van der Waals surface area contributed by atoms with Crippen LogP contribution < -0.4 is 5.32 Å². The predicted molar refractivity (Wildman–Crippen MR) is 72.2 cm³/mol. The van der Waals surface area contributed by atoms with Crippen LogP contribution in [0.2, 0.25) is 5.02 Å². The van der Waals surface area contributed by atoms with E-state index in [9.17, 15) is 9.90 Å². The highest BCUT2D eigenvalue weighted by Gasteiger charge is 2.17. The Kier molecular flexibility index (Phi) is 4.24. The molecule has 0 fully saturated rings. The molecule has 0 aliphatic carbocycles. The molecule has 0 spiro atoms. The molecule has 19 heavy (non-hydrogen) atoms. The molecule has 5 heteroatoms. The number of benzene rings is 1. The standard InChI is InChI=1S/C14H14ClNO3/c1-9-7-10(4-5-11(9)15)14(18)16-12(8-17)13-3-2-6-19-13/h2-7,12,17H,8H2,1H3,(H,16,18). The Labute approximate surface area is 116 Å². The number of hydrogen-bond acceptors (Lipinski definition) is 3. The van der Waals surface area contributed by atoms with Crippen LogP contribution in [0.4, 0.5) is 0 Å². The Hall–Kier alpha value is -1.78. The number of aliphatic hydroxyl groups excluding tert-OH is 1. The third kappa shape index (κ3) is 3.16. The first-order valence-corrected chi connectivity index (χ1v) is 6.21. The van der Waals surface area contributed by atoms with Crippen LogP contribution in [0.3, 0.4) is 0 Å². The molecule has 4 nitrogen and oxygen atoms in total. The summed E-state index contributed by atoms with van der Waals surface area (Å²) in [7, 11) is 0. The second-order valence-electron chi connectivity index (χ2n) is 4.19. The molecule has 0 saturated carbocycles. The molecule has 0 aliphatic heterocycles. The van der Waals surface area contributed by atoms with Gasteiger partial charge in [-0.15, -0.1) is 0 Å². The highest BCUT2D eigenvalue weighted by molar-refractivity contribution is 6.31. The van der Waals surface area contributed by atoms with E-state index in [1.54, 1.807) is 30.3 Å². The summed E-state index contributed by atoms with van der Waals surface area (Å²) in [6.07, 6.45) is 1.50. The van der Waals surface area contributed by atoms with Crippen molar-refractivity contribution >= 4 is 17.5 Å². The third-order valence-corrected chi connectivity index (χ3v) is 3.22. The summed E-state index contributed by atoms with van der Waals surface area (Å²) in [6, 6.07) is 7.87. The molecule has 2 rings (SSSR count). The highest BCUT2D eigenvalue weighted by Crippen LogP contribution is 2.18. The van der Waals surface area contributed by atoms with Gasteiger partial charge >= 0.3 is 0 Å². The van der Waals surface area contributed by atoms with Gasteiger partial charge in [0, 0.05) is 10.6 Å². The topological polar surface area (TPSA) is 62.5 Å². The Bertz CT molecular complexity index is 566. The molecule has 0 bridgehead atoms. The maximum atomic E-state index is 12.1.